The molecule has 0 saturated heterocycles. The monoisotopic (exact) mass is 315 g/mol. The predicted octanol–water partition coefficient (Wildman–Crippen LogP) is 1.69. The highest BCUT2D eigenvalue weighted by molar-refractivity contribution is 5.93. The van der Waals surface area contributed by atoms with Gasteiger partial charge >= 0.3 is 6.03 Å². The zero-order valence-electron chi connectivity index (χ0n) is 13.5. The van der Waals surface area contributed by atoms with Gasteiger partial charge in [0.25, 0.3) is 0 Å². The quantitative estimate of drug-likeness (QED) is 0.881. The van der Waals surface area contributed by atoms with Gasteiger partial charge in [-0.3, -0.25) is 14.8 Å². The Balaban J connectivity index is 1.98. The first-order valence-electron chi connectivity index (χ1n) is 7.31. The van der Waals surface area contributed by atoms with Crippen LogP contribution in [0.2, 0.25) is 0 Å². The Morgan fingerprint density at radius 2 is 1.91 bits per heavy atom. The van der Waals surface area contributed by atoms with E-state index in [1.807, 2.05) is 36.5 Å². The largest absolute Gasteiger partial charge is 0.349 e. The Labute approximate surface area is 135 Å². The molecule has 1 heterocycles. The van der Waals surface area contributed by atoms with E-state index in [0.717, 1.165) is 11.1 Å². The van der Waals surface area contributed by atoms with Crippen LogP contribution in [0.1, 0.15) is 6.42 Å². The summed E-state index contributed by atoms with van der Waals surface area (Å²) in [6.07, 6.45) is 2.11. The van der Waals surface area contributed by atoms with E-state index in [-0.39, 0.29) is 24.9 Å². The smallest absolute Gasteiger partial charge is 0.320 e. The lowest BCUT2D eigenvalue weighted by atomic mass is 10.1. The van der Waals surface area contributed by atoms with Crippen molar-refractivity contribution >= 4 is 17.8 Å². The highest BCUT2D eigenvalue weighted by Gasteiger charge is 2.13. The zero-order valence-corrected chi connectivity index (χ0v) is 13.5. The van der Waals surface area contributed by atoms with Crippen molar-refractivity contribution < 1.29 is 9.59 Å². The number of benzene rings is 1. The van der Waals surface area contributed by atoms with E-state index in [1.165, 1.54) is 4.90 Å². The molecule has 0 spiro atoms. The van der Waals surface area contributed by atoms with E-state index < -0.39 is 0 Å². The standard InChI is InChI=1S/C16H21N5O2/c1-20(2)14(22)9-10-17-16(23)18-15-13(11-21(3)19-15)12-7-5-4-6-8-12/h4-8,11H,9-10H2,1-3H3,(H2,17,18,19,23). The molecule has 0 fully saturated rings. The maximum Gasteiger partial charge on any atom is 0.320 e. The second-order valence-electron chi connectivity index (χ2n) is 5.35. The van der Waals surface area contributed by atoms with Crippen molar-refractivity contribution in [1.29, 1.82) is 0 Å². The molecule has 0 aliphatic rings. The fourth-order valence-electron chi connectivity index (χ4n) is 2.07. The third-order valence-electron chi connectivity index (χ3n) is 3.27. The molecule has 0 aliphatic carbocycles. The van der Waals surface area contributed by atoms with Crippen LogP contribution >= 0.6 is 0 Å². The fourth-order valence-corrected chi connectivity index (χ4v) is 2.07. The minimum Gasteiger partial charge on any atom is -0.349 e. The molecule has 0 saturated carbocycles. The van der Waals surface area contributed by atoms with Crippen molar-refractivity contribution in [1.82, 2.24) is 20.0 Å². The number of aromatic nitrogens is 2. The number of aryl methyl sites for hydroxylation is 1. The third kappa shape index (κ3) is 4.57. The Morgan fingerprint density at radius 1 is 1.22 bits per heavy atom. The summed E-state index contributed by atoms with van der Waals surface area (Å²) in [5, 5.41) is 9.65. The van der Waals surface area contributed by atoms with Crippen LogP contribution in [0.5, 0.6) is 0 Å². The van der Waals surface area contributed by atoms with Gasteiger partial charge in [0.05, 0.1) is 0 Å². The van der Waals surface area contributed by atoms with Crippen LogP contribution in [0.3, 0.4) is 0 Å². The summed E-state index contributed by atoms with van der Waals surface area (Å²) in [7, 11) is 5.16. The molecule has 23 heavy (non-hydrogen) atoms. The van der Waals surface area contributed by atoms with Crippen LogP contribution < -0.4 is 10.6 Å². The first-order valence-corrected chi connectivity index (χ1v) is 7.31. The molecule has 1 aromatic carbocycles. The number of hydrogen-bond donors (Lipinski definition) is 2. The molecule has 0 radical (unpaired) electrons. The molecular weight excluding hydrogens is 294 g/mol. The summed E-state index contributed by atoms with van der Waals surface area (Å²) in [6, 6.07) is 9.32. The lowest BCUT2D eigenvalue weighted by molar-refractivity contribution is -0.128. The first-order chi connectivity index (χ1) is 11.0. The average molecular weight is 315 g/mol. The van der Waals surface area contributed by atoms with Gasteiger partial charge in [0.1, 0.15) is 0 Å². The van der Waals surface area contributed by atoms with Crippen molar-refractivity contribution in [3.63, 3.8) is 0 Å². The minimum absolute atomic E-state index is 0.0342. The molecule has 122 valence electrons. The first kappa shape index (κ1) is 16.5. The van der Waals surface area contributed by atoms with Crippen LogP contribution in [-0.4, -0.2) is 47.3 Å². The normalized spacial score (nSPS) is 10.2. The Bertz CT molecular complexity index is 679. The van der Waals surface area contributed by atoms with Crippen LogP contribution in [-0.2, 0) is 11.8 Å². The molecule has 0 aliphatic heterocycles. The fraction of sp³-hybridized carbons (Fsp3) is 0.312. The number of hydrogen-bond acceptors (Lipinski definition) is 3. The van der Waals surface area contributed by atoms with Gasteiger partial charge in [-0.15, -0.1) is 0 Å². The van der Waals surface area contributed by atoms with E-state index in [0.29, 0.717) is 5.82 Å². The third-order valence-corrected chi connectivity index (χ3v) is 3.27. The van der Waals surface area contributed by atoms with E-state index in [4.69, 9.17) is 0 Å². The van der Waals surface area contributed by atoms with Crippen LogP contribution in [0.15, 0.2) is 36.5 Å². The van der Waals surface area contributed by atoms with Crippen LogP contribution in [0, 0.1) is 0 Å². The van der Waals surface area contributed by atoms with Gasteiger partial charge < -0.3 is 10.2 Å². The molecule has 0 unspecified atom stereocenters. The number of anilines is 1. The maximum atomic E-state index is 12.0. The Hall–Kier alpha value is -2.83. The van der Waals surface area contributed by atoms with Crippen molar-refractivity contribution in [3.05, 3.63) is 36.5 Å². The van der Waals surface area contributed by atoms with Crippen LogP contribution in [0.25, 0.3) is 11.1 Å². The second-order valence-corrected chi connectivity index (χ2v) is 5.35. The predicted molar refractivity (Wildman–Crippen MR) is 89.0 cm³/mol. The van der Waals surface area contributed by atoms with Gasteiger partial charge in [0.15, 0.2) is 5.82 Å². The van der Waals surface area contributed by atoms with E-state index in [2.05, 4.69) is 15.7 Å². The highest BCUT2D eigenvalue weighted by atomic mass is 16.2. The zero-order chi connectivity index (χ0) is 16.8. The molecule has 7 nitrogen and oxygen atoms in total. The van der Waals surface area contributed by atoms with Crippen molar-refractivity contribution in [2.24, 2.45) is 7.05 Å². The molecule has 0 bridgehead atoms. The minimum atomic E-state index is -0.382. The van der Waals surface area contributed by atoms with Crippen LogP contribution in [0.4, 0.5) is 10.6 Å². The molecule has 0 atom stereocenters. The Morgan fingerprint density at radius 3 is 2.57 bits per heavy atom. The van der Waals surface area contributed by atoms with E-state index in [9.17, 15) is 9.59 Å². The van der Waals surface area contributed by atoms with E-state index in [1.54, 1.807) is 25.8 Å². The second kappa shape index (κ2) is 7.44. The van der Waals surface area contributed by atoms with Gasteiger partial charge in [-0.25, -0.2) is 4.79 Å². The van der Waals surface area contributed by atoms with Gasteiger partial charge in [0.2, 0.25) is 5.91 Å². The van der Waals surface area contributed by atoms with Crippen molar-refractivity contribution in [3.8, 4) is 11.1 Å². The summed E-state index contributed by atoms with van der Waals surface area (Å²) in [5.41, 5.74) is 1.81. The van der Waals surface area contributed by atoms with Gasteiger partial charge in [-0.05, 0) is 5.56 Å². The molecule has 2 N–H and O–H groups in total. The van der Waals surface area contributed by atoms with Crippen molar-refractivity contribution in [2.75, 3.05) is 26.0 Å². The number of nitrogens with one attached hydrogen (secondary N) is 2. The SMILES string of the molecule is CN(C)C(=O)CCNC(=O)Nc1nn(C)cc1-c1ccccc1. The average Bonchev–Trinajstić information content (AvgIpc) is 2.88. The maximum absolute atomic E-state index is 12.0. The number of rotatable bonds is 5. The van der Waals surface area contributed by atoms with Gasteiger partial charge in [-0.2, -0.15) is 5.10 Å². The number of urea groups is 1. The van der Waals surface area contributed by atoms with Crippen molar-refractivity contribution in [2.45, 2.75) is 6.42 Å². The number of nitrogens with zero attached hydrogens (tertiary/aromatic N) is 3. The number of amides is 3. The summed E-state index contributed by atoms with van der Waals surface area (Å²) < 4.78 is 1.65. The van der Waals surface area contributed by atoms with Gasteiger partial charge in [0, 0.05) is 45.9 Å². The molecule has 3 amide bonds. The topological polar surface area (TPSA) is 79.3 Å². The molecular formula is C16H21N5O2. The van der Waals surface area contributed by atoms with Gasteiger partial charge in [-0.1, -0.05) is 30.3 Å². The number of carbonyl (C=O) groups is 2. The summed E-state index contributed by atoms with van der Waals surface area (Å²) in [6.45, 7) is 0.274. The highest BCUT2D eigenvalue weighted by Crippen LogP contribution is 2.26. The summed E-state index contributed by atoms with van der Waals surface area (Å²) in [4.78, 5) is 24.9. The lowest BCUT2D eigenvalue weighted by Crippen LogP contribution is -2.33. The molecule has 2 rings (SSSR count). The molecule has 7 heteroatoms. The lowest BCUT2D eigenvalue weighted by Gasteiger charge is -2.11. The Kier molecular flexibility index (Phi) is 5.35. The molecule has 1 aromatic heterocycles. The summed E-state index contributed by atoms with van der Waals surface area (Å²) in [5.74, 6) is 0.447. The summed E-state index contributed by atoms with van der Waals surface area (Å²) >= 11 is 0. The molecule has 2 aromatic rings. The number of carbonyl (C=O) groups excluding carboxylic acids is 2. The van der Waals surface area contributed by atoms with E-state index >= 15 is 0 Å².